The van der Waals surface area contributed by atoms with Gasteiger partial charge < -0.3 is 15.2 Å². The van der Waals surface area contributed by atoms with E-state index < -0.39 is 12.1 Å². The van der Waals surface area contributed by atoms with Gasteiger partial charge in [-0.3, -0.25) is 4.79 Å². The summed E-state index contributed by atoms with van der Waals surface area (Å²) in [6, 6.07) is 5.18. The monoisotopic (exact) mass is 235 g/mol. The van der Waals surface area contributed by atoms with Gasteiger partial charge in [-0.05, 0) is 12.1 Å². The number of hydrogen-bond acceptors (Lipinski definition) is 5. The van der Waals surface area contributed by atoms with Gasteiger partial charge in [0.15, 0.2) is 0 Å². The van der Waals surface area contributed by atoms with Crippen molar-refractivity contribution in [3.05, 3.63) is 23.9 Å². The number of nitrogens with zero attached hydrogens (tertiary/aromatic N) is 2. The van der Waals surface area contributed by atoms with Gasteiger partial charge in [-0.15, -0.1) is 0 Å². The molecule has 1 aromatic rings. The molecule has 0 aromatic carbocycles. The maximum Gasteiger partial charge on any atom is 0.306 e. The number of carboxylic acids is 1. The number of ether oxygens (including phenoxy) is 1. The number of pyridine rings is 1. The summed E-state index contributed by atoms with van der Waals surface area (Å²) >= 11 is 0. The number of carboxylic acid groups (broad SMARTS) is 1. The van der Waals surface area contributed by atoms with Crippen molar-refractivity contribution in [3.63, 3.8) is 0 Å². The highest BCUT2D eigenvalue weighted by Gasteiger charge is 2.12. The highest BCUT2D eigenvalue weighted by molar-refractivity contribution is 5.67. The number of carbonyl (C=O) groups is 1. The Morgan fingerprint density at radius 2 is 2.53 bits per heavy atom. The van der Waals surface area contributed by atoms with Crippen LogP contribution in [0.2, 0.25) is 0 Å². The second-order valence-corrected chi connectivity index (χ2v) is 3.38. The Balaban J connectivity index is 2.53. The molecule has 90 valence electrons. The lowest BCUT2D eigenvalue weighted by molar-refractivity contribution is -0.139. The second-order valence-electron chi connectivity index (χ2n) is 3.38. The summed E-state index contributed by atoms with van der Waals surface area (Å²) in [5.74, 6) is -0.395. The van der Waals surface area contributed by atoms with Gasteiger partial charge in [0, 0.05) is 19.9 Å². The van der Waals surface area contributed by atoms with Crippen molar-refractivity contribution in [2.75, 3.05) is 19.0 Å². The number of aliphatic carboxylic acids is 1. The maximum atomic E-state index is 10.5. The Morgan fingerprint density at radius 3 is 3.12 bits per heavy atom. The molecule has 1 unspecified atom stereocenters. The average molecular weight is 235 g/mol. The molecule has 0 amide bonds. The minimum atomic E-state index is -0.919. The minimum Gasteiger partial charge on any atom is -0.481 e. The molecule has 6 nitrogen and oxygen atoms in total. The van der Waals surface area contributed by atoms with Gasteiger partial charge in [0.25, 0.3) is 0 Å². The molecule has 1 aromatic heterocycles. The van der Waals surface area contributed by atoms with Crippen LogP contribution in [0, 0.1) is 11.3 Å². The lowest BCUT2D eigenvalue weighted by Crippen LogP contribution is -2.25. The van der Waals surface area contributed by atoms with Crippen LogP contribution in [-0.2, 0) is 9.53 Å². The molecule has 0 spiro atoms. The largest absolute Gasteiger partial charge is 0.481 e. The number of methoxy groups -OCH3 is 1. The Bertz CT molecular complexity index is 428. The molecule has 0 saturated carbocycles. The Kier molecular flexibility index (Phi) is 4.91. The minimum absolute atomic E-state index is 0.0819. The molecular formula is C11H13N3O3. The van der Waals surface area contributed by atoms with E-state index in [2.05, 4.69) is 10.3 Å². The predicted octanol–water partition coefficient (Wildman–Crippen LogP) is 0.855. The summed E-state index contributed by atoms with van der Waals surface area (Å²) in [7, 11) is 1.45. The first-order valence-corrected chi connectivity index (χ1v) is 5.00. The fraction of sp³-hybridized carbons (Fsp3) is 0.364. The van der Waals surface area contributed by atoms with E-state index in [1.54, 1.807) is 12.1 Å². The smallest absolute Gasteiger partial charge is 0.306 e. The fourth-order valence-electron chi connectivity index (χ4n) is 1.25. The number of rotatable bonds is 6. The number of nitrogens with one attached hydrogen (secondary N) is 1. The molecule has 0 fully saturated rings. The first-order chi connectivity index (χ1) is 8.15. The highest BCUT2D eigenvalue weighted by Crippen LogP contribution is 2.06. The number of hydrogen-bond donors (Lipinski definition) is 2. The van der Waals surface area contributed by atoms with Crippen LogP contribution < -0.4 is 5.32 Å². The fourth-order valence-corrected chi connectivity index (χ4v) is 1.25. The molecule has 0 radical (unpaired) electrons. The molecule has 0 aliphatic rings. The van der Waals surface area contributed by atoms with Crippen LogP contribution in [0.3, 0.4) is 0 Å². The van der Waals surface area contributed by atoms with Crippen LogP contribution in [-0.4, -0.2) is 35.8 Å². The molecule has 1 rings (SSSR count). The average Bonchev–Trinajstić information content (AvgIpc) is 2.34. The van der Waals surface area contributed by atoms with E-state index >= 15 is 0 Å². The molecule has 1 atom stereocenters. The molecule has 0 aliphatic carbocycles. The Morgan fingerprint density at radius 1 is 1.76 bits per heavy atom. The molecule has 6 heteroatoms. The van der Waals surface area contributed by atoms with Crippen LogP contribution in [0.15, 0.2) is 18.3 Å². The van der Waals surface area contributed by atoms with Crippen LogP contribution >= 0.6 is 0 Å². The van der Waals surface area contributed by atoms with Crippen molar-refractivity contribution in [2.24, 2.45) is 0 Å². The van der Waals surface area contributed by atoms with Crippen molar-refractivity contribution < 1.29 is 14.6 Å². The van der Waals surface area contributed by atoms with Gasteiger partial charge in [0.1, 0.15) is 5.82 Å². The second kappa shape index (κ2) is 6.45. The summed E-state index contributed by atoms with van der Waals surface area (Å²) in [4.78, 5) is 14.5. The first-order valence-electron chi connectivity index (χ1n) is 5.00. The Hall–Kier alpha value is -2.13. The van der Waals surface area contributed by atoms with E-state index in [0.717, 1.165) is 0 Å². The maximum absolute atomic E-state index is 10.5. The predicted molar refractivity (Wildman–Crippen MR) is 60.5 cm³/mol. The standard InChI is InChI=1S/C11H13N3O3/c1-17-9(5-11(15)16)7-14-10-4-8(6-12)2-3-13-10/h2-4,9H,5,7H2,1H3,(H,13,14)(H,15,16). The molecule has 0 bridgehead atoms. The van der Waals surface area contributed by atoms with E-state index in [9.17, 15) is 4.79 Å². The van der Waals surface area contributed by atoms with E-state index in [1.165, 1.54) is 13.3 Å². The SMILES string of the molecule is COC(CNc1cc(C#N)ccn1)CC(=O)O. The molecule has 17 heavy (non-hydrogen) atoms. The zero-order valence-electron chi connectivity index (χ0n) is 9.38. The summed E-state index contributed by atoms with van der Waals surface area (Å²) in [5, 5.41) is 20.2. The van der Waals surface area contributed by atoms with Crippen molar-refractivity contribution in [1.82, 2.24) is 4.98 Å². The van der Waals surface area contributed by atoms with E-state index in [-0.39, 0.29) is 6.42 Å². The summed E-state index contributed by atoms with van der Waals surface area (Å²) in [6.45, 7) is 0.324. The van der Waals surface area contributed by atoms with Crippen molar-refractivity contribution in [3.8, 4) is 6.07 Å². The lowest BCUT2D eigenvalue weighted by atomic mass is 10.2. The topological polar surface area (TPSA) is 95.2 Å². The first kappa shape index (κ1) is 12.9. The molecule has 2 N–H and O–H groups in total. The Labute approximate surface area is 98.9 Å². The molecule has 0 saturated heterocycles. The van der Waals surface area contributed by atoms with Crippen molar-refractivity contribution in [1.29, 1.82) is 5.26 Å². The van der Waals surface area contributed by atoms with Gasteiger partial charge in [-0.25, -0.2) is 4.98 Å². The lowest BCUT2D eigenvalue weighted by Gasteiger charge is -2.14. The number of anilines is 1. The van der Waals surface area contributed by atoms with Gasteiger partial charge in [-0.1, -0.05) is 0 Å². The van der Waals surface area contributed by atoms with Crippen molar-refractivity contribution in [2.45, 2.75) is 12.5 Å². The van der Waals surface area contributed by atoms with Crippen LogP contribution in [0.1, 0.15) is 12.0 Å². The summed E-state index contributed by atoms with van der Waals surface area (Å²) in [5.41, 5.74) is 0.495. The third kappa shape index (κ3) is 4.49. The van der Waals surface area contributed by atoms with E-state index in [4.69, 9.17) is 15.1 Å². The molecular weight excluding hydrogens is 222 g/mol. The normalized spacial score (nSPS) is 11.5. The van der Waals surface area contributed by atoms with Gasteiger partial charge in [0.05, 0.1) is 24.2 Å². The summed E-state index contributed by atoms with van der Waals surface area (Å²) < 4.78 is 5.00. The van der Waals surface area contributed by atoms with Gasteiger partial charge in [0.2, 0.25) is 0 Å². The van der Waals surface area contributed by atoms with Gasteiger partial charge >= 0.3 is 5.97 Å². The van der Waals surface area contributed by atoms with E-state index in [1.807, 2.05) is 6.07 Å². The number of nitriles is 1. The summed E-state index contributed by atoms with van der Waals surface area (Å²) in [6.07, 6.45) is 1.00. The van der Waals surface area contributed by atoms with Gasteiger partial charge in [-0.2, -0.15) is 5.26 Å². The highest BCUT2D eigenvalue weighted by atomic mass is 16.5. The third-order valence-corrected chi connectivity index (χ3v) is 2.14. The quantitative estimate of drug-likeness (QED) is 0.759. The van der Waals surface area contributed by atoms with Crippen LogP contribution in [0.4, 0.5) is 5.82 Å². The molecule has 1 heterocycles. The molecule has 0 aliphatic heterocycles. The number of aromatic nitrogens is 1. The van der Waals surface area contributed by atoms with Crippen molar-refractivity contribution >= 4 is 11.8 Å². The van der Waals surface area contributed by atoms with Crippen LogP contribution in [0.25, 0.3) is 0 Å². The zero-order chi connectivity index (χ0) is 12.7. The zero-order valence-corrected chi connectivity index (χ0v) is 9.38. The van der Waals surface area contributed by atoms with Crippen LogP contribution in [0.5, 0.6) is 0 Å². The van der Waals surface area contributed by atoms with E-state index in [0.29, 0.717) is 17.9 Å². The third-order valence-electron chi connectivity index (χ3n) is 2.14.